The number of halogens is 1. The number of aromatic nitrogens is 1. The maximum atomic E-state index is 14.3. The second-order valence-corrected chi connectivity index (χ2v) is 7.74. The van der Waals surface area contributed by atoms with Gasteiger partial charge in [-0.15, -0.1) is 11.3 Å². The van der Waals surface area contributed by atoms with Crippen LogP contribution in [-0.2, 0) is 17.9 Å². The Morgan fingerprint density at radius 2 is 2.19 bits per heavy atom. The largest absolute Gasteiger partial charge is 0.497 e. The average Bonchev–Trinajstić information content (AvgIpc) is 3.02. The average molecular weight is 375 g/mol. The number of fused-ring (bicyclic) bond motifs is 4. The molecule has 26 heavy (non-hydrogen) atoms. The quantitative estimate of drug-likeness (QED) is 0.806. The molecule has 2 aromatic rings. The van der Waals surface area contributed by atoms with Crippen molar-refractivity contribution in [2.75, 3.05) is 20.2 Å². The van der Waals surface area contributed by atoms with E-state index in [1.165, 1.54) is 13.2 Å². The van der Waals surface area contributed by atoms with Gasteiger partial charge in [0, 0.05) is 42.7 Å². The molecule has 3 saturated heterocycles. The van der Waals surface area contributed by atoms with E-state index in [0.717, 1.165) is 25.1 Å². The Balaban J connectivity index is 1.50. The maximum Gasteiger partial charge on any atom is 0.227 e. The molecule has 0 saturated carbocycles. The molecule has 3 aliphatic rings. The SMILES string of the molecule is COc1ccc(CN2C[C@@H]3CC[C@H](C2)N(Cc2cscn2)C3=O)c(F)c1. The van der Waals surface area contributed by atoms with Crippen LogP contribution in [0.1, 0.15) is 24.1 Å². The van der Waals surface area contributed by atoms with E-state index < -0.39 is 0 Å². The number of carbonyl (C=O) groups excluding carboxylic acids is 1. The summed E-state index contributed by atoms with van der Waals surface area (Å²) in [5.41, 5.74) is 3.39. The van der Waals surface area contributed by atoms with Gasteiger partial charge in [-0.2, -0.15) is 0 Å². The summed E-state index contributed by atoms with van der Waals surface area (Å²) >= 11 is 1.55. The van der Waals surface area contributed by atoms with E-state index in [0.29, 0.717) is 30.9 Å². The molecule has 3 fully saturated rings. The molecule has 1 aromatic heterocycles. The lowest BCUT2D eigenvalue weighted by Gasteiger charge is -2.35. The van der Waals surface area contributed by atoms with Gasteiger partial charge in [0.25, 0.3) is 0 Å². The van der Waals surface area contributed by atoms with Gasteiger partial charge in [0.2, 0.25) is 5.91 Å². The third-order valence-electron chi connectivity index (χ3n) is 5.34. The Hall–Kier alpha value is -1.99. The molecule has 5 rings (SSSR count). The van der Waals surface area contributed by atoms with E-state index in [1.54, 1.807) is 29.0 Å². The van der Waals surface area contributed by atoms with Gasteiger partial charge in [0.15, 0.2) is 0 Å². The first kappa shape index (κ1) is 17.4. The maximum absolute atomic E-state index is 14.3. The number of hydrogen-bond donors (Lipinski definition) is 0. The van der Waals surface area contributed by atoms with Gasteiger partial charge >= 0.3 is 0 Å². The van der Waals surface area contributed by atoms with Crippen molar-refractivity contribution in [3.63, 3.8) is 0 Å². The van der Waals surface area contributed by atoms with Gasteiger partial charge in [0.1, 0.15) is 11.6 Å². The topological polar surface area (TPSA) is 45.7 Å². The molecule has 138 valence electrons. The van der Waals surface area contributed by atoms with Crippen LogP contribution in [0.25, 0.3) is 0 Å². The summed E-state index contributed by atoms with van der Waals surface area (Å²) < 4.78 is 19.4. The van der Waals surface area contributed by atoms with Gasteiger partial charge in [0.05, 0.1) is 30.8 Å². The van der Waals surface area contributed by atoms with Gasteiger partial charge in [-0.25, -0.2) is 9.37 Å². The first-order chi connectivity index (χ1) is 12.6. The smallest absolute Gasteiger partial charge is 0.227 e. The van der Waals surface area contributed by atoms with Crippen molar-refractivity contribution in [3.8, 4) is 5.75 Å². The van der Waals surface area contributed by atoms with Crippen LogP contribution in [0, 0.1) is 11.7 Å². The molecule has 5 nitrogen and oxygen atoms in total. The highest BCUT2D eigenvalue weighted by Gasteiger charge is 2.40. The number of carbonyl (C=O) groups is 1. The molecule has 4 heterocycles. The molecule has 2 bridgehead atoms. The lowest BCUT2D eigenvalue weighted by Crippen LogP contribution is -2.47. The zero-order valence-corrected chi connectivity index (χ0v) is 15.5. The van der Waals surface area contributed by atoms with Crippen molar-refractivity contribution >= 4 is 17.2 Å². The van der Waals surface area contributed by atoms with E-state index in [2.05, 4.69) is 9.88 Å². The summed E-state index contributed by atoms with van der Waals surface area (Å²) in [5.74, 6) is 0.471. The van der Waals surface area contributed by atoms with Crippen molar-refractivity contribution < 1.29 is 13.9 Å². The number of rotatable bonds is 5. The monoisotopic (exact) mass is 375 g/mol. The Labute approximate surface area is 156 Å². The fraction of sp³-hybridized carbons (Fsp3) is 0.474. The summed E-state index contributed by atoms with van der Waals surface area (Å²) in [6, 6.07) is 5.14. The first-order valence-electron chi connectivity index (χ1n) is 8.86. The number of thiazole rings is 1. The number of hydrogen-bond acceptors (Lipinski definition) is 5. The normalized spacial score (nSPS) is 23.3. The summed E-state index contributed by atoms with van der Waals surface area (Å²) in [4.78, 5) is 21.4. The zero-order valence-electron chi connectivity index (χ0n) is 14.7. The lowest BCUT2D eigenvalue weighted by atomic mass is 9.94. The van der Waals surface area contributed by atoms with Crippen molar-refractivity contribution in [1.29, 1.82) is 0 Å². The molecule has 0 spiro atoms. The van der Waals surface area contributed by atoms with Crippen molar-refractivity contribution in [2.45, 2.75) is 32.0 Å². The van der Waals surface area contributed by atoms with Crippen LogP contribution in [0.4, 0.5) is 4.39 Å². The minimum Gasteiger partial charge on any atom is -0.497 e. The van der Waals surface area contributed by atoms with Crippen molar-refractivity contribution in [1.82, 2.24) is 14.8 Å². The van der Waals surface area contributed by atoms with E-state index in [1.807, 2.05) is 10.3 Å². The summed E-state index contributed by atoms with van der Waals surface area (Å²) in [6.07, 6.45) is 1.92. The van der Waals surface area contributed by atoms with Crippen LogP contribution >= 0.6 is 11.3 Å². The zero-order chi connectivity index (χ0) is 18.1. The predicted octanol–water partition coefficient (Wildman–Crippen LogP) is 2.91. The molecule has 0 N–H and O–H groups in total. The Bertz CT molecular complexity index is 783. The molecule has 1 aromatic carbocycles. The number of nitrogens with zero attached hydrogens (tertiary/aromatic N) is 3. The third kappa shape index (κ3) is 3.46. The number of benzene rings is 1. The number of ether oxygens (including phenoxy) is 1. The highest BCUT2D eigenvalue weighted by atomic mass is 32.1. The second-order valence-electron chi connectivity index (χ2n) is 7.03. The molecule has 3 aliphatic heterocycles. The molecule has 2 atom stereocenters. The summed E-state index contributed by atoms with van der Waals surface area (Å²) in [7, 11) is 1.53. The molecule has 7 heteroatoms. The van der Waals surface area contributed by atoms with Crippen LogP contribution in [0.15, 0.2) is 29.1 Å². The Morgan fingerprint density at radius 3 is 2.92 bits per heavy atom. The number of methoxy groups -OCH3 is 1. The standard InChI is InChI=1S/C19H22FN3O2S/c1-25-17-5-3-13(18(20)6-17)7-22-8-14-2-4-16(10-22)23(19(14)24)9-15-11-26-12-21-15/h3,5-6,11-12,14,16H,2,4,7-10H2,1H3/t14-,16+/m0/s1. The molecule has 0 unspecified atom stereocenters. The van der Waals surface area contributed by atoms with E-state index in [9.17, 15) is 9.18 Å². The molecule has 0 aliphatic carbocycles. The highest BCUT2D eigenvalue weighted by molar-refractivity contribution is 7.07. The van der Waals surface area contributed by atoms with Crippen LogP contribution in [0.2, 0.25) is 0 Å². The van der Waals surface area contributed by atoms with Gasteiger partial charge in [-0.05, 0) is 18.9 Å². The number of piperidine rings is 1. The minimum atomic E-state index is -0.258. The van der Waals surface area contributed by atoms with Crippen LogP contribution in [0.3, 0.4) is 0 Å². The highest BCUT2D eigenvalue weighted by Crippen LogP contribution is 2.31. The van der Waals surface area contributed by atoms with E-state index in [-0.39, 0.29) is 23.7 Å². The molecule has 1 amide bonds. The predicted molar refractivity (Wildman–Crippen MR) is 97.4 cm³/mol. The Morgan fingerprint density at radius 1 is 1.31 bits per heavy atom. The number of amides is 1. The summed E-state index contributed by atoms with van der Waals surface area (Å²) in [5, 5.41) is 2.00. The second kappa shape index (κ2) is 7.32. The van der Waals surface area contributed by atoms with Gasteiger partial charge in [-0.3, -0.25) is 9.69 Å². The van der Waals surface area contributed by atoms with Crippen molar-refractivity contribution in [2.24, 2.45) is 5.92 Å². The molecular weight excluding hydrogens is 353 g/mol. The van der Waals surface area contributed by atoms with Crippen LogP contribution in [-0.4, -0.2) is 46.9 Å². The van der Waals surface area contributed by atoms with Gasteiger partial charge < -0.3 is 9.64 Å². The lowest BCUT2D eigenvalue weighted by molar-refractivity contribution is -0.140. The molecular formula is C19H22FN3O2S. The van der Waals surface area contributed by atoms with E-state index >= 15 is 0 Å². The van der Waals surface area contributed by atoms with Crippen LogP contribution < -0.4 is 4.74 Å². The fourth-order valence-corrected chi connectivity index (χ4v) is 4.53. The van der Waals surface area contributed by atoms with Crippen LogP contribution in [0.5, 0.6) is 5.75 Å². The fourth-order valence-electron chi connectivity index (χ4n) is 3.98. The Kier molecular flexibility index (Phi) is 4.91. The molecule has 0 radical (unpaired) electrons. The third-order valence-corrected chi connectivity index (χ3v) is 5.97. The van der Waals surface area contributed by atoms with Gasteiger partial charge in [-0.1, -0.05) is 6.07 Å². The summed E-state index contributed by atoms with van der Waals surface area (Å²) in [6.45, 7) is 2.56. The van der Waals surface area contributed by atoms with E-state index in [4.69, 9.17) is 4.74 Å². The minimum absolute atomic E-state index is 0.00584. The van der Waals surface area contributed by atoms with Crippen molar-refractivity contribution in [3.05, 3.63) is 46.2 Å². The first-order valence-corrected chi connectivity index (χ1v) is 9.80.